The first-order valence-corrected chi connectivity index (χ1v) is 6.82. The number of rotatable bonds is 3. The number of nitrogens with one attached hydrogen (secondary N) is 1. The number of hydrogen-bond acceptors (Lipinski definition) is 4. The van der Waals surface area contributed by atoms with Gasteiger partial charge in [0.05, 0.1) is 4.92 Å². The molecule has 0 radical (unpaired) electrons. The second kappa shape index (κ2) is 6.26. The fourth-order valence-electron chi connectivity index (χ4n) is 2.08. The molecule has 0 aliphatic carbocycles. The zero-order valence-corrected chi connectivity index (χ0v) is 11.6. The number of halogens is 1. The number of nitrogens with zero attached hydrogens (tertiary/aromatic N) is 2. The van der Waals surface area contributed by atoms with E-state index in [2.05, 4.69) is 26.1 Å². The Kier molecular flexibility index (Phi) is 4.68. The van der Waals surface area contributed by atoms with Gasteiger partial charge in [0.1, 0.15) is 0 Å². The topological polar surface area (TPSA) is 58.4 Å². The minimum absolute atomic E-state index is 0.128. The SMILES string of the molecule is O=[N+]([O-])c1ccc(CN2CCCNCC2)c(Br)c1. The van der Waals surface area contributed by atoms with E-state index in [1.807, 2.05) is 6.07 Å². The molecule has 0 amide bonds. The summed E-state index contributed by atoms with van der Waals surface area (Å²) >= 11 is 3.42. The van der Waals surface area contributed by atoms with Crippen molar-refractivity contribution in [3.63, 3.8) is 0 Å². The predicted octanol–water partition coefficient (Wildman–Crippen LogP) is 2.15. The van der Waals surface area contributed by atoms with Crippen molar-refractivity contribution in [2.24, 2.45) is 0 Å². The van der Waals surface area contributed by atoms with Crippen molar-refractivity contribution < 1.29 is 4.92 Å². The van der Waals surface area contributed by atoms with Crippen molar-refractivity contribution in [2.75, 3.05) is 26.2 Å². The highest BCUT2D eigenvalue weighted by Gasteiger charge is 2.13. The van der Waals surface area contributed by atoms with Crippen LogP contribution < -0.4 is 5.32 Å². The van der Waals surface area contributed by atoms with Gasteiger partial charge in [0.15, 0.2) is 0 Å². The third kappa shape index (κ3) is 3.51. The molecule has 1 saturated heterocycles. The van der Waals surface area contributed by atoms with Gasteiger partial charge in [-0.1, -0.05) is 15.9 Å². The lowest BCUT2D eigenvalue weighted by Crippen LogP contribution is -2.27. The van der Waals surface area contributed by atoms with Gasteiger partial charge in [0, 0.05) is 36.2 Å². The minimum atomic E-state index is -0.371. The second-order valence-corrected chi connectivity index (χ2v) is 5.27. The average molecular weight is 314 g/mol. The van der Waals surface area contributed by atoms with Crippen LogP contribution in [-0.2, 0) is 6.54 Å². The van der Waals surface area contributed by atoms with E-state index in [0.717, 1.165) is 49.2 Å². The fourth-order valence-corrected chi connectivity index (χ4v) is 2.57. The van der Waals surface area contributed by atoms with E-state index in [1.54, 1.807) is 12.1 Å². The number of benzene rings is 1. The van der Waals surface area contributed by atoms with Crippen LogP contribution in [-0.4, -0.2) is 36.0 Å². The van der Waals surface area contributed by atoms with E-state index < -0.39 is 0 Å². The van der Waals surface area contributed by atoms with Gasteiger partial charge in [0.25, 0.3) is 5.69 Å². The van der Waals surface area contributed by atoms with Gasteiger partial charge >= 0.3 is 0 Å². The Morgan fingerprint density at radius 1 is 1.39 bits per heavy atom. The Balaban J connectivity index is 2.06. The number of non-ortho nitro benzene ring substituents is 1. The summed E-state index contributed by atoms with van der Waals surface area (Å²) in [5.74, 6) is 0. The Morgan fingerprint density at radius 3 is 2.94 bits per heavy atom. The molecular weight excluding hydrogens is 298 g/mol. The van der Waals surface area contributed by atoms with Crippen molar-refractivity contribution in [2.45, 2.75) is 13.0 Å². The van der Waals surface area contributed by atoms with Crippen LogP contribution in [0.4, 0.5) is 5.69 Å². The van der Waals surface area contributed by atoms with E-state index >= 15 is 0 Å². The molecular formula is C12H16BrN3O2. The zero-order valence-electron chi connectivity index (χ0n) is 10.1. The van der Waals surface area contributed by atoms with Gasteiger partial charge < -0.3 is 5.32 Å². The summed E-state index contributed by atoms with van der Waals surface area (Å²) in [7, 11) is 0. The molecule has 0 unspecified atom stereocenters. The molecule has 1 aromatic carbocycles. The quantitative estimate of drug-likeness (QED) is 0.686. The van der Waals surface area contributed by atoms with E-state index in [0.29, 0.717) is 0 Å². The summed E-state index contributed by atoms with van der Waals surface area (Å²) in [6, 6.07) is 4.97. The average Bonchev–Trinajstić information content (AvgIpc) is 2.60. The number of nitro groups is 1. The Hall–Kier alpha value is -0.980. The fraction of sp³-hybridized carbons (Fsp3) is 0.500. The number of nitro benzene ring substituents is 1. The van der Waals surface area contributed by atoms with Gasteiger partial charge in [-0.25, -0.2) is 0 Å². The van der Waals surface area contributed by atoms with Gasteiger partial charge in [-0.15, -0.1) is 0 Å². The zero-order chi connectivity index (χ0) is 13.0. The maximum Gasteiger partial charge on any atom is 0.270 e. The maximum absolute atomic E-state index is 10.7. The predicted molar refractivity (Wildman–Crippen MR) is 73.6 cm³/mol. The van der Waals surface area contributed by atoms with Crippen molar-refractivity contribution >= 4 is 21.6 Å². The first-order valence-electron chi connectivity index (χ1n) is 6.03. The molecule has 1 aromatic rings. The van der Waals surface area contributed by atoms with Crippen LogP contribution in [0.5, 0.6) is 0 Å². The summed E-state index contributed by atoms with van der Waals surface area (Å²) < 4.78 is 0.814. The molecule has 0 saturated carbocycles. The molecule has 5 nitrogen and oxygen atoms in total. The molecule has 0 spiro atoms. The maximum atomic E-state index is 10.7. The normalized spacial score (nSPS) is 17.4. The summed E-state index contributed by atoms with van der Waals surface area (Å²) in [6.45, 7) is 4.99. The molecule has 1 N–H and O–H groups in total. The highest BCUT2D eigenvalue weighted by molar-refractivity contribution is 9.10. The van der Waals surface area contributed by atoms with Crippen LogP contribution in [0.25, 0.3) is 0 Å². The van der Waals surface area contributed by atoms with Gasteiger partial charge in [-0.3, -0.25) is 15.0 Å². The van der Waals surface area contributed by atoms with Crippen LogP contribution in [0.15, 0.2) is 22.7 Å². The minimum Gasteiger partial charge on any atom is -0.315 e. The number of hydrogen-bond donors (Lipinski definition) is 1. The lowest BCUT2D eigenvalue weighted by Gasteiger charge is -2.20. The molecule has 2 rings (SSSR count). The molecule has 98 valence electrons. The van der Waals surface area contributed by atoms with Crippen molar-refractivity contribution in [3.8, 4) is 0 Å². The summed E-state index contributed by atoms with van der Waals surface area (Å²) in [5, 5.41) is 14.0. The lowest BCUT2D eigenvalue weighted by atomic mass is 10.2. The Morgan fingerprint density at radius 2 is 2.22 bits per heavy atom. The van der Waals surface area contributed by atoms with Crippen molar-refractivity contribution in [1.29, 1.82) is 0 Å². The first-order chi connectivity index (χ1) is 8.66. The van der Waals surface area contributed by atoms with Crippen molar-refractivity contribution in [3.05, 3.63) is 38.3 Å². The van der Waals surface area contributed by atoms with Crippen LogP contribution in [0.2, 0.25) is 0 Å². The Bertz CT molecular complexity index is 431. The third-order valence-corrected chi connectivity index (χ3v) is 3.81. The van der Waals surface area contributed by atoms with Gasteiger partial charge in [0.2, 0.25) is 0 Å². The van der Waals surface area contributed by atoms with Gasteiger partial charge in [-0.2, -0.15) is 0 Å². The van der Waals surface area contributed by atoms with E-state index in [9.17, 15) is 10.1 Å². The monoisotopic (exact) mass is 313 g/mol. The molecule has 18 heavy (non-hydrogen) atoms. The molecule has 1 aliphatic rings. The van der Waals surface area contributed by atoms with Gasteiger partial charge in [-0.05, 0) is 31.1 Å². The van der Waals surface area contributed by atoms with E-state index in [4.69, 9.17) is 0 Å². The van der Waals surface area contributed by atoms with E-state index in [1.165, 1.54) is 0 Å². The van der Waals surface area contributed by atoms with Crippen LogP contribution in [0.1, 0.15) is 12.0 Å². The summed E-state index contributed by atoms with van der Waals surface area (Å²) in [6.07, 6.45) is 1.14. The summed E-state index contributed by atoms with van der Waals surface area (Å²) in [5.41, 5.74) is 1.23. The second-order valence-electron chi connectivity index (χ2n) is 4.41. The molecule has 1 aliphatic heterocycles. The molecule has 0 atom stereocenters. The standard InChI is InChI=1S/C12H16BrN3O2/c13-12-8-11(16(17)18)3-2-10(12)9-15-6-1-4-14-5-7-15/h2-3,8,14H,1,4-7,9H2. The molecule has 1 fully saturated rings. The van der Waals surface area contributed by atoms with E-state index in [-0.39, 0.29) is 10.6 Å². The van der Waals surface area contributed by atoms with Crippen LogP contribution in [0.3, 0.4) is 0 Å². The first kappa shape index (κ1) is 13.5. The highest BCUT2D eigenvalue weighted by atomic mass is 79.9. The lowest BCUT2D eigenvalue weighted by molar-refractivity contribution is -0.384. The van der Waals surface area contributed by atoms with Crippen LogP contribution >= 0.6 is 15.9 Å². The molecule has 6 heteroatoms. The molecule has 0 bridgehead atoms. The molecule has 1 heterocycles. The third-order valence-electron chi connectivity index (χ3n) is 3.07. The highest BCUT2D eigenvalue weighted by Crippen LogP contribution is 2.24. The van der Waals surface area contributed by atoms with Crippen molar-refractivity contribution in [1.82, 2.24) is 10.2 Å². The smallest absolute Gasteiger partial charge is 0.270 e. The van der Waals surface area contributed by atoms with Crippen LogP contribution in [0, 0.1) is 10.1 Å². The molecule has 0 aromatic heterocycles. The largest absolute Gasteiger partial charge is 0.315 e. The Labute approximate surface area is 114 Å². The summed E-state index contributed by atoms with van der Waals surface area (Å²) in [4.78, 5) is 12.7.